The summed E-state index contributed by atoms with van der Waals surface area (Å²) in [6.07, 6.45) is 14.1. The van der Waals surface area contributed by atoms with Crippen LogP contribution in [0, 0.1) is 51.8 Å². The molecule has 4 nitrogen and oxygen atoms in total. The molecule has 2 aromatic rings. The number of aliphatic carboxylic acids is 1. The molecule has 7 atom stereocenters. The minimum atomic E-state index is -0.572. The van der Waals surface area contributed by atoms with Gasteiger partial charge in [0.25, 0.3) is 0 Å². The van der Waals surface area contributed by atoms with E-state index in [0.29, 0.717) is 11.8 Å². The average Bonchev–Trinajstić information content (AvgIpc) is 3.33. The predicted molar refractivity (Wildman–Crippen MR) is 169 cm³/mol. The van der Waals surface area contributed by atoms with Gasteiger partial charge in [-0.05, 0) is 122 Å². The first-order valence-electron chi connectivity index (χ1n) is 16.7. The minimum absolute atomic E-state index is 0.00830. The van der Waals surface area contributed by atoms with Crippen LogP contribution >= 0.6 is 0 Å². The molecular formula is C38H52N2O2. The summed E-state index contributed by atoms with van der Waals surface area (Å²) in [6, 6.07) is 8.81. The van der Waals surface area contributed by atoms with E-state index in [1.54, 1.807) is 0 Å². The van der Waals surface area contributed by atoms with Crippen LogP contribution in [0.15, 0.2) is 42.1 Å². The Labute approximate surface area is 253 Å². The lowest BCUT2D eigenvalue weighted by Crippen LogP contribution is -2.64. The molecular weight excluding hydrogens is 516 g/mol. The van der Waals surface area contributed by atoms with Crippen molar-refractivity contribution in [3.8, 4) is 5.69 Å². The van der Waals surface area contributed by atoms with Crippen LogP contribution < -0.4 is 0 Å². The van der Waals surface area contributed by atoms with Crippen LogP contribution in [0.25, 0.3) is 5.69 Å². The maximum absolute atomic E-state index is 13.0. The topological polar surface area (TPSA) is 55.1 Å². The third kappa shape index (κ3) is 3.47. The van der Waals surface area contributed by atoms with E-state index >= 15 is 0 Å². The highest BCUT2D eigenvalue weighted by Gasteiger charge is 2.69. The molecule has 5 aliphatic carbocycles. The summed E-state index contributed by atoms with van der Waals surface area (Å²) in [6.45, 7) is 19.6. The van der Waals surface area contributed by atoms with E-state index in [0.717, 1.165) is 50.6 Å². The first kappa shape index (κ1) is 28.4. The molecule has 3 fully saturated rings. The Kier molecular flexibility index (Phi) is 5.84. The van der Waals surface area contributed by atoms with Crippen LogP contribution in [0.5, 0.6) is 0 Å². The third-order valence-corrected chi connectivity index (χ3v) is 14.5. The second-order valence-corrected chi connectivity index (χ2v) is 17.3. The van der Waals surface area contributed by atoms with Crippen molar-refractivity contribution in [2.45, 2.75) is 119 Å². The van der Waals surface area contributed by atoms with Crippen LogP contribution in [0.1, 0.15) is 117 Å². The zero-order valence-corrected chi connectivity index (χ0v) is 27.3. The Morgan fingerprint density at radius 3 is 2.31 bits per heavy atom. The summed E-state index contributed by atoms with van der Waals surface area (Å²) in [5, 5.41) is 15.7. The zero-order chi connectivity index (χ0) is 30.1. The van der Waals surface area contributed by atoms with E-state index in [1.807, 2.05) is 0 Å². The number of aryl methyl sites for hydroxylation is 1. The molecule has 42 heavy (non-hydrogen) atoms. The first-order chi connectivity index (χ1) is 19.6. The highest BCUT2D eigenvalue weighted by Crippen LogP contribution is 2.75. The second kappa shape index (κ2) is 8.63. The van der Waals surface area contributed by atoms with E-state index < -0.39 is 11.4 Å². The number of benzene rings is 1. The fraction of sp³-hybridized carbons (Fsp3) is 0.684. The van der Waals surface area contributed by atoms with Gasteiger partial charge in [0.05, 0.1) is 23.0 Å². The number of nitrogens with zero attached hydrogens (tertiary/aromatic N) is 2. The van der Waals surface area contributed by atoms with E-state index in [4.69, 9.17) is 5.10 Å². The third-order valence-electron chi connectivity index (χ3n) is 14.5. The number of aromatic nitrogens is 2. The SMILES string of the molecule is Cc1ccc(-n2ncc3c2C(C)(C)[C@@H]2CC[C@]4(C)[C@H](CC=C5[C@@H]6CC(C)(C)CC[C@]6(C(=O)O)CC[C@]54C)[C@@]2(C)C3)cc1. The zero-order valence-electron chi connectivity index (χ0n) is 27.3. The summed E-state index contributed by atoms with van der Waals surface area (Å²) < 4.78 is 2.24. The maximum atomic E-state index is 13.0. The second-order valence-electron chi connectivity index (χ2n) is 17.3. The summed E-state index contributed by atoms with van der Waals surface area (Å²) in [7, 11) is 0. The van der Waals surface area contributed by atoms with Crippen molar-refractivity contribution >= 4 is 5.97 Å². The largest absolute Gasteiger partial charge is 0.481 e. The number of carboxylic acid groups (broad SMARTS) is 1. The average molecular weight is 569 g/mol. The molecule has 0 aliphatic heterocycles. The lowest BCUT2D eigenvalue weighted by Gasteiger charge is -2.70. The van der Waals surface area contributed by atoms with Crippen molar-refractivity contribution in [3.63, 3.8) is 0 Å². The fourth-order valence-corrected chi connectivity index (χ4v) is 12.1. The number of carbonyl (C=O) groups is 1. The molecule has 7 rings (SSSR count). The van der Waals surface area contributed by atoms with E-state index in [2.05, 4.69) is 96.6 Å². The van der Waals surface area contributed by atoms with E-state index in [1.165, 1.54) is 35.2 Å². The molecule has 0 unspecified atom stereocenters. The lowest BCUT2D eigenvalue weighted by atomic mass is 9.33. The van der Waals surface area contributed by atoms with Crippen LogP contribution in [-0.2, 0) is 16.6 Å². The van der Waals surface area contributed by atoms with Crippen molar-refractivity contribution in [3.05, 3.63) is 58.9 Å². The van der Waals surface area contributed by atoms with Gasteiger partial charge in [0.15, 0.2) is 0 Å². The quantitative estimate of drug-likeness (QED) is 0.368. The molecule has 1 aromatic heterocycles. The minimum Gasteiger partial charge on any atom is -0.481 e. The Hall–Kier alpha value is -2.36. The van der Waals surface area contributed by atoms with Crippen molar-refractivity contribution in [2.75, 3.05) is 0 Å². The van der Waals surface area contributed by atoms with Crippen LogP contribution in [-0.4, -0.2) is 20.9 Å². The Bertz CT molecular complexity index is 1480. The predicted octanol–water partition coefficient (Wildman–Crippen LogP) is 9.08. The van der Waals surface area contributed by atoms with Crippen molar-refractivity contribution < 1.29 is 9.90 Å². The molecule has 5 aliphatic rings. The number of hydrogen-bond donors (Lipinski definition) is 1. The molecule has 0 bridgehead atoms. The molecule has 0 spiro atoms. The Balaban J connectivity index is 1.31. The molecule has 1 N–H and O–H groups in total. The first-order valence-corrected chi connectivity index (χ1v) is 16.7. The summed E-state index contributed by atoms with van der Waals surface area (Å²) in [5.41, 5.74) is 6.81. The summed E-state index contributed by atoms with van der Waals surface area (Å²) >= 11 is 0. The molecule has 0 saturated heterocycles. The Morgan fingerprint density at radius 2 is 1.62 bits per heavy atom. The van der Waals surface area contributed by atoms with Crippen LogP contribution in [0.4, 0.5) is 0 Å². The molecule has 4 heteroatoms. The standard InChI is InChI=1S/C38H52N2O2/c1-24-9-11-26(12-10-24)40-31-25(23-39-40)21-35(6)29(34(31,4)5)15-16-37(8)30(35)14-13-27-28-22-33(2,3)17-19-38(28,32(41)42)20-18-36(27,37)7/h9-13,23,28-30H,14-22H2,1-8H3,(H,41,42)/t28-,29-,30+,35-,36+,37+,38-/m0/s1. The van der Waals surface area contributed by atoms with Gasteiger partial charge in [0.2, 0.25) is 0 Å². The lowest BCUT2D eigenvalue weighted by molar-refractivity contribution is -0.177. The van der Waals surface area contributed by atoms with E-state index in [9.17, 15) is 9.90 Å². The number of carboxylic acids is 1. The van der Waals surface area contributed by atoms with Crippen molar-refractivity contribution in [1.82, 2.24) is 9.78 Å². The molecule has 3 saturated carbocycles. The van der Waals surface area contributed by atoms with Gasteiger partial charge < -0.3 is 5.11 Å². The monoisotopic (exact) mass is 568 g/mol. The van der Waals surface area contributed by atoms with Gasteiger partial charge in [-0.2, -0.15) is 5.10 Å². The van der Waals surface area contributed by atoms with Gasteiger partial charge in [0.1, 0.15) is 0 Å². The van der Waals surface area contributed by atoms with Gasteiger partial charge in [0, 0.05) is 5.41 Å². The summed E-state index contributed by atoms with van der Waals surface area (Å²) in [5.74, 6) is 0.774. The molecule has 0 radical (unpaired) electrons. The molecule has 226 valence electrons. The normalized spacial score (nSPS) is 41.3. The summed E-state index contributed by atoms with van der Waals surface area (Å²) in [4.78, 5) is 13.0. The number of hydrogen-bond acceptors (Lipinski definition) is 2. The highest BCUT2D eigenvalue weighted by atomic mass is 16.4. The molecule has 0 amide bonds. The van der Waals surface area contributed by atoms with Gasteiger partial charge >= 0.3 is 5.97 Å². The van der Waals surface area contributed by atoms with Crippen molar-refractivity contribution in [2.24, 2.45) is 44.8 Å². The maximum Gasteiger partial charge on any atom is 0.310 e. The van der Waals surface area contributed by atoms with E-state index in [-0.39, 0.29) is 33.0 Å². The number of fused-ring (bicyclic) bond motifs is 8. The van der Waals surface area contributed by atoms with Crippen LogP contribution in [0.2, 0.25) is 0 Å². The smallest absolute Gasteiger partial charge is 0.310 e. The molecule has 1 aromatic carbocycles. The van der Waals surface area contributed by atoms with Gasteiger partial charge in [-0.25, -0.2) is 4.68 Å². The highest BCUT2D eigenvalue weighted by molar-refractivity contribution is 5.76. The van der Waals surface area contributed by atoms with Crippen molar-refractivity contribution in [1.29, 1.82) is 0 Å². The number of rotatable bonds is 2. The molecule has 1 heterocycles. The van der Waals surface area contributed by atoms with Gasteiger partial charge in [-0.3, -0.25) is 4.79 Å². The van der Waals surface area contributed by atoms with Gasteiger partial charge in [-0.1, -0.05) is 77.8 Å². The fourth-order valence-electron chi connectivity index (χ4n) is 12.1. The van der Waals surface area contributed by atoms with Gasteiger partial charge in [-0.15, -0.1) is 0 Å². The number of allylic oxidation sites excluding steroid dienone is 2. The van der Waals surface area contributed by atoms with Crippen LogP contribution in [0.3, 0.4) is 0 Å². The Morgan fingerprint density at radius 1 is 0.929 bits per heavy atom.